The van der Waals surface area contributed by atoms with E-state index in [-0.39, 0.29) is 18.4 Å². The molecule has 2 atom stereocenters. The smallest absolute Gasteiger partial charge is 0.308 e. The van der Waals surface area contributed by atoms with E-state index in [1.54, 1.807) is 13.8 Å². The Morgan fingerprint density at radius 2 is 2.00 bits per heavy atom. The molecule has 0 bridgehead atoms. The second kappa shape index (κ2) is 8.03. The van der Waals surface area contributed by atoms with Gasteiger partial charge in [-0.05, 0) is 12.3 Å². The summed E-state index contributed by atoms with van der Waals surface area (Å²) in [6.45, 7) is 4.11. The molecule has 0 heterocycles. The minimum absolute atomic E-state index is 0.0389. The van der Waals surface area contributed by atoms with Gasteiger partial charge in [-0.3, -0.25) is 9.59 Å². The molecule has 17 heavy (non-hydrogen) atoms. The molecular formula is C11H22N2O4. The molecule has 0 saturated carbocycles. The van der Waals surface area contributed by atoms with Crippen LogP contribution in [0.25, 0.3) is 0 Å². The molecule has 0 aliphatic rings. The third kappa shape index (κ3) is 6.23. The molecule has 0 spiro atoms. The Labute approximate surface area is 102 Å². The number of nitrogens with one attached hydrogen (secondary N) is 1. The lowest BCUT2D eigenvalue weighted by atomic mass is 9.96. The summed E-state index contributed by atoms with van der Waals surface area (Å²) in [5, 5.41) is 11.5. The summed E-state index contributed by atoms with van der Waals surface area (Å²) in [7, 11) is 1.53. The van der Waals surface area contributed by atoms with Crippen molar-refractivity contribution in [2.45, 2.75) is 26.3 Å². The number of carbonyl (C=O) groups excluding carboxylic acids is 1. The molecule has 1 amide bonds. The van der Waals surface area contributed by atoms with E-state index in [4.69, 9.17) is 15.6 Å². The fourth-order valence-corrected chi connectivity index (χ4v) is 1.33. The van der Waals surface area contributed by atoms with Crippen molar-refractivity contribution in [2.24, 2.45) is 17.6 Å². The molecule has 0 aliphatic heterocycles. The van der Waals surface area contributed by atoms with Crippen LogP contribution >= 0.6 is 0 Å². The van der Waals surface area contributed by atoms with Gasteiger partial charge in [0.1, 0.15) is 0 Å². The maximum Gasteiger partial charge on any atom is 0.308 e. The van der Waals surface area contributed by atoms with Crippen LogP contribution in [-0.4, -0.2) is 43.3 Å². The summed E-state index contributed by atoms with van der Waals surface area (Å²) in [6.07, 6.45) is 0.418. The minimum atomic E-state index is -0.911. The van der Waals surface area contributed by atoms with Crippen LogP contribution in [0.15, 0.2) is 0 Å². The number of amides is 1. The summed E-state index contributed by atoms with van der Waals surface area (Å²) >= 11 is 0. The van der Waals surface area contributed by atoms with Gasteiger partial charge in [0.15, 0.2) is 0 Å². The second-order valence-corrected chi connectivity index (χ2v) is 4.32. The quantitative estimate of drug-likeness (QED) is 0.551. The number of hydrogen-bond donors (Lipinski definition) is 3. The minimum Gasteiger partial charge on any atom is -0.481 e. The third-order valence-electron chi connectivity index (χ3n) is 2.59. The van der Waals surface area contributed by atoms with E-state index in [1.807, 2.05) is 0 Å². The summed E-state index contributed by atoms with van der Waals surface area (Å²) in [4.78, 5) is 22.4. The molecule has 6 nitrogen and oxygen atoms in total. The SMILES string of the molecule is COCCC(N)C(=O)NCC(C(=O)O)C(C)C. The molecular weight excluding hydrogens is 224 g/mol. The van der Waals surface area contributed by atoms with E-state index in [2.05, 4.69) is 5.32 Å². The first kappa shape index (κ1) is 15.9. The van der Waals surface area contributed by atoms with Crippen LogP contribution in [0.4, 0.5) is 0 Å². The average molecular weight is 246 g/mol. The average Bonchev–Trinajstić information content (AvgIpc) is 2.24. The van der Waals surface area contributed by atoms with E-state index < -0.39 is 17.9 Å². The van der Waals surface area contributed by atoms with Gasteiger partial charge in [-0.25, -0.2) is 0 Å². The van der Waals surface area contributed by atoms with E-state index in [1.165, 1.54) is 7.11 Å². The van der Waals surface area contributed by atoms with Gasteiger partial charge < -0.3 is 20.9 Å². The first-order valence-electron chi connectivity index (χ1n) is 5.65. The predicted molar refractivity (Wildman–Crippen MR) is 63.4 cm³/mol. The number of hydrogen-bond acceptors (Lipinski definition) is 4. The number of methoxy groups -OCH3 is 1. The van der Waals surface area contributed by atoms with Crippen molar-refractivity contribution in [1.29, 1.82) is 0 Å². The molecule has 0 radical (unpaired) electrons. The molecule has 0 rings (SSSR count). The Bertz CT molecular complexity index is 256. The largest absolute Gasteiger partial charge is 0.481 e. The first-order chi connectivity index (χ1) is 7.90. The third-order valence-corrected chi connectivity index (χ3v) is 2.59. The van der Waals surface area contributed by atoms with Gasteiger partial charge in [0.25, 0.3) is 0 Å². The zero-order valence-electron chi connectivity index (χ0n) is 10.6. The molecule has 0 saturated heterocycles. The second-order valence-electron chi connectivity index (χ2n) is 4.32. The number of carboxylic acids is 1. The highest BCUT2D eigenvalue weighted by molar-refractivity contribution is 5.82. The molecule has 4 N–H and O–H groups in total. The van der Waals surface area contributed by atoms with Crippen molar-refractivity contribution in [3.05, 3.63) is 0 Å². The topological polar surface area (TPSA) is 102 Å². The Hall–Kier alpha value is -1.14. The normalized spacial score (nSPS) is 14.4. The lowest BCUT2D eigenvalue weighted by molar-refractivity contribution is -0.143. The van der Waals surface area contributed by atoms with Gasteiger partial charge in [-0.1, -0.05) is 13.8 Å². The van der Waals surface area contributed by atoms with Gasteiger partial charge in [0, 0.05) is 20.3 Å². The number of aliphatic carboxylic acids is 1. The molecule has 0 aromatic carbocycles. The Morgan fingerprint density at radius 3 is 2.41 bits per heavy atom. The van der Waals surface area contributed by atoms with Gasteiger partial charge in [0.05, 0.1) is 12.0 Å². The van der Waals surface area contributed by atoms with Crippen molar-refractivity contribution in [1.82, 2.24) is 5.32 Å². The van der Waals surface area contributed by atoms with Crippen LogP contribution in [0.5, 0.6) is 0 Å². The van der Waals surface area contributed by atoms with Crippen molar-refractivity contribution < 1.29 is 19.4 Å². The predicted octanol–water partition coefficient (Wildman–Crippen LogP) is -0.177. The zero-order valence-corrected chi connectivity index (χ0v) is 10.6. The maximum atomic E-state index is 11.5. The van der Waals surface area contributed by atoms with Gasteiger partial charge in [-0.2, -0.15) is 0 Å². The number of carboxylic acid groups (broad SMARTS) is 1. The molecule has 0 aliphatic carbocycles. The van der Waals surface area contributed by atoms with Crippen LogP contribution < -0.4 is 11.1 Å². The monoisotopic (exact) mass is 246 g/mol. The van der Waals surface area contributed by atoms with Gasteiger partial charge >= 0.3 is 5.97 Å². The first-order valence-corrected chi connectivity index (χ1v) is 5.65. The number of rotatable bonds is 8. The summed E-state index contributed by atoms with van der Waals surface area (Å²) in [5.41, 5.74) is 5.60. The molecule has 6 heteroatoms. The fraction of sp³-hybridized carbons (Fsp3) is 0.818. The highest BCUT2D eigenvalue weighted by atomic mass is 16.5. The van der Waals surface area contributed by atoms with E-state index in [0.717, 1.165) is 0 Å². The van der Waals surface area contributed by atoms with Gasteiger partial charge in [-0.15, -0.1) is 0 Å². The van der Waals surface area contributed by atoms with E-state index >= 15 is 0 Å². The van der Waals surface area contributed by atoms with Crippen LogP contribution in [0.2, 0.25) is 0 Å². The fourth-order valence-electron chi connectivity index (χ4n) is 1.33. The number of ether oxygens (including phenoxy) is 1. The van der Waals surface area contributed by atoms with Crippen LogP contribution in [-0.2, 0) is 14.3 Å². The van der Waals surface area contributed by atoms with E-state index in [9.17, 15) is 9.59 Å². The highest BCUT2D eigenvalue weighted by Crippen LogP contribution is 2.09. The molecule has 0 fully saturated rings. The highest BCUT2D eigenvalue weighted by Gasteiger charge is 2.23. The van der Waals surface area contributed by atoms with E-state index in [0.29, 0.717) is 13.0 Å². The van der Waals surface area contributed by atoms with Crippen LogP contribution in [0.3, 0.4) is 0 Å². The zero-order chi connectivity index (χ0) is 13.4. The van der Waals surface area contributed by atoms with Crippen molar-refractivity contribution in [3.63, 3.8) is 0 Å². The lowest BCUT2D eigenvalue weighted by Crippen LogP contribution is -2.44. The van der Waals surface area contributed by atoms with Crippen molar-refractivity contribution >= 4 is 11.9 Å². The Balaban J connectivity index is 4.08. The number of carbonyl (C=O) groups is 2. The number of nitrogens with two attached hydrogens (primary N) is 1. The molecule has 100 valence electrons. The summed E-state index contributed by atoms with van der Waals surface area (Å²) < 4.78 is 4.81. The molecule has 0 aromatic rings. The molecule has 0 aromatic heterocycles. The van der Waals surface area contributed by atoms with Crippen LogP contribution in [0, 0.1) is 11.8 Å². The molecule has 2 unspecified atom stereocenters. The van der Waals surface area contributed by atoms with Crippen LogP contribution in [0.1, 0.15) is 20.3 Å². The Morgan fingerprint density at radius 1 is 1.41 bits per heavy atom. The maximum absolute atomic E-state index is 11.5. The lowest BCUT2D eigenvalue weighted by Gasteiger charge is -2.18. The van der Waals surface area contributed by atoms with Gasteiger partial charge in [0.2, 0.25) is 5.91 Å². The summed E-state index contributed by atoms with van der Waals surface area (Å²) in [6, 6.07) is -0.656. The van der Waals surface area contributed by atoms with Crippen molar-refractivity contribution in [3.8, 4) is 0 Å². The van der Waals surface area contributed by atoms with Crippen molar-refractivity contribution in [2.75, 3.05) is 20.3 Å². The Kier molecular flexibility index (Phi) is 7.49. The standard InChI is InChI=1S/C11H22N2O4/c1-7(2)8(11(15)16)6-13-10(14)9(12)4-5-17-3/h7-9H,4-6,12H2,1-3H3,(H,13,14)(H,15,16). The summed E-state index contributed by atoms with van der Waals surface area (Å²) in [5.74, 6) is -1.88.